The van der Waals surface area contributed by atoms with E-state index in [-0.39, 0.29) is 0 Å². The van der Waals surface area contributed by atoms with Crippen LogP contribution in [0.2, 0.25) is 0 Å². The maximum atomic E-state index is 4.47. The first-order valence-corrected chi connectivity index (χ1v) is 6.80. The van der Waals surface area contributed by atoms with Crippen LogP contribution < -0.4 is 10.7 Å². The zero-order valence-electron chi connectivity index (χ0n) is 9.11. The van der Waals surface area contributed by atoms with Gasteiger partial charge in [0.25, 0.3) is 0 Å². The molecule has 3 aliphatic rings. The Kier molecular flexibility index (Phi) is 2.03. The molecule has 4 rings (SSSR count). The molecular weight excluding hydrogens is 248 g/mol. The van der Waals surface area contributed by atoms with Crippen LogP contribution >= 0.6 is 25.3 Å². The van der Waals surface area contributed by atoms with E-state index in [4.69, 9.17) is 0 Å². The van der Waals surface area contributed by atoms with E-state index in [1.54, 1.807) is 0 Å². The van der Waals surface area contributed by atoms with Crippen molar-refractivity contribution < 1.29 is 0 Å². The number of fused-ring (bicyclic) bond motifs is 6. The van der Waals surface area contributed by atoms with Gasteiger partial charge in [-0.25, -0.2) is 9.97 Å². The monoisotopic (exact) mass is 260 g/mol. The Balaban J connectivity index is 1.96. The topological polar surface area (TPSA) is 25.8 Å². The Morgan fingerprint density at radius 3 is 1.82 bits per heavy atom. The third-order valence-electron chi connectivity index (χ3n) is 4.20. The summed E-state index contributed by atoms with van der Waals surface area (Å²) in [5.41, 5.74) is 0. The predicted molar refractivity (Wildman–Crippen MR) is 72.4 cm³/mol. The van der Waals surface area contributed by atoms with Crippen molar-refractivity contribution in [3.05, 3.63) is 22.9 Å². The molecule has 2 nitrogen and oxygen atoms in total. The van der Waals surface area contributed by atoms with Crippen LogP contribution in [0.25, 0.3) is 12.2 Å². The van der Waals surface area contributed by atoms with Crippen LogP contribution in [0.15, 0.2) is 22.2 Å². The highest BCUT2D eigenvalue weighted by Gasteiger charge is 2.43. The number of hydrogen-bond acceptors (Lipinski definition) is 4. The zero-order valence-corrected chi connectivity index (χ0v) is 10.9. The van der Waals surface area contributed by atoms with E-state index in [1.165, 1.54) is 6.42 Å². The minimum Gasteiger partial charge on any atom is -0.238 e. The van der Waals surface area contributed by atoms with E-state index < -0.39 is 0 Å². The Labute approximate surface area is 110 Å². The molecule has 1 heterocycles. The summed E-state index contributed by atoms with van der Waals surface area (Å²) in [6, 6.07) is 0. The highest BCUT2D eigenvalue weighted by Crippen LogP contribution is 2.49. The molecule has 0 saturated heterocycles. The molecule has 3 aliphatic carbocycles. The van der Waals surface area contributed by atoms with Crippen LogP contribution in [0.1, 0.15) is 6.42 Å². The quantitative estimate of drug-likeness (QED) is 0.539. The molecule has 17 heavy (non-hydrogen) atoms. The first-order valence-electron chi connectivity index (χ1n) is 5.90. The van der Waals surface area contributed by atoms with Crippen LogP contribution in [0.3, 0.4) is 0 Å². The van der Waals surface area contributed by atoms with Crippen molar-refractivity contribution in [2.75, 3.05) is 0 Å². The van der Waals surface area contributed by atoms with Gasteiger partial charge in [-0.3, -0.25) is 0 Å². The van der Waals surface area contributed by atoms with Gasteiger partial charge in [-0.05, 0) is 30.1 Å². The third-order valence-corrected chi connectivity index (χ3v) is 5.00. The Bertz CT molecular complexity index is 595. The first-order chi connectivity index (χ1) is 8.22. The Morgan fingerprint density at radius 2 is 1.35 bits per heavy atom. The highest BCUT2D eigenvalue weighted by atomic mass is 32.1. The van der Waals surface area contributed by atoms with Gasteiger partial charge in [-0.2, -0.15) is 0 Å². The largest absolute Gasteiger partial charge is 0.238 e. The molecule has 0 amide bonds. The summed E-state index contributed by atoms with van der Waals surface area (Å²) >= 11 is 8.57. The van der Waals surface area contributed by atoms with Gasteiger partial charge >= 0.3 is 0 Å². The summed E-state index contributed by atoms with van der Waals surface area (Å²) in [6.07, 6.45) is 10.6. The third kappa shape index (κ3) is 1.37. The number of allylic oxidation sites excluding steroid dienone is 2. The van der Waals surface area contributed by atoms with Crippen LogP contribution in [0.4, 0.5) is 0 Å². The molecule has 4 atom stereocenters. The van der Waals surface area contributed by atoms with E-state index in [0.29, 0.717) is 33.7 Å². The maximum Gasteiger partial charge on any atom is 0.126 e. The summed E-state index contributed by atoms with van der Waals surface area (Å²) in [5, 5.41) is 3.20. The van der Waals surface area contributed by atoms with Crippen molar-refractivity contribution in [2.45, 2.75) is 16.5 Å². The minimum atomic E-state index is 0.616. The Hall–Kier alpha value is -0.740. The van der Waals surface area contributed by atoms with E-state index in [0.717, 1.165) is 10.7 Å². The lowest BCUT2D eigenvalue weighted by Gasteiger charge is -2.24. The molecule has 1 saturated carbocycles. The molecule has 1 fully saturated rings. The number of hydrogen-bond donors (Lipinski definition) is 2. The highest BCUT2D eigenvalue weighted by molar-refractivity contribution is 7.83. The molecule has 0 spiro atoms. The van der Waals surface area contributed by atoms with E-state index >= 15 is 0 Å². The average molecular weight is 260 g/mol. The normalized spacial score (nSPS) is 36.1. The molecule has 4 unspecified atom stereocenters. The van der Waals surface area contributed by atoms with Gasteiger partial charge < -0.3 is 0 Å². The molecule has 2 bridgehead atoms. The van der Waals surface area contributed by atoms with Gasteiger partial charge in [0.1, 0.15) is 10.1 Å². The smallest absolute Gasteiger partial charge is 0.126 e. The Morgan fingerprint density at radius 1 is 0.882 bits per heavy atom. The van der Waals surface area contributed by atoms with Crippen LogP contribution in [-0.2, 0) is 0 Å². The van der Waals surface area contributed by atoms with Crippen molar-refractivity contribution >= 4 is 37.4 Å². The van der Waals surface area contributed by atoms with Gasteiger partial charge in [-0.1, -0.05) is 24.3 Å². The number of rotatable bonds is 0. The first kappa shape index (κ1) is 10.2. The predicted octanol–water partition coefficient (Wildman–Crippen LogP) is 1.07. The lowest BCUT2D eigenvalue weighted by Crippen LogP contribution is -2.39. The fourth-order valence-electron chi connectivity index (χ4n) is 3.42. The molecule has 1 aromatic heterocycles. The standard InChI is InChI=1S/C13H12N2S2/c16-12-13(17)15-11-5-9-7-2-1-6(3-7)8(9)4-10(11)14-12/h1-2,4-9H,3H2,(H,14,16)(H,15,17). The molecular formula is C13H12N2S2. The van der Waals surface area contributed by atoms with Crippen molar-refractivity contribution in [3.63, 3.8) is 0 Å². The van der Waals surface area contributed by atoms with Gasteiger partial charge in [0, 0.05) is 0 Å². The minimum absolute atomic E-state index is 0.616. The van der Waals surface area contributed by atoms with Gasteiger partial charge in [0.15, 0.2) is 0 Å². The zero-order chi connectivity index (χ0) is 11.6. The fraction of sp³-hybridized carbons (Fsp3) is 0.385. The van der Waals surface area contributed by atoms with Gasteiger partial charge in [-0.15, -0.1) is 25.3 Å². The lowest BCUT2D eigenvalue weighted by atomic mass is 9.81. The molecule has 0 aliphatic heterocycles. The number of aromatic nitrogens is 2. The second kappa shape index (κ2) is 3.39. The second-order valence-corrected chi connectivity index (χ2v) is 5.92. The second-order valence-electron chi connectivity index (χ2n) is 5.08. The number of thiol groups is 2. The molecule has 86 valence electrons. The fourth-order valence-corrected chi connectivity index (χ4v) is 3.74. The van der Waals surface area contributed by atoms with E-state index in [9.17, 15) is 0 Å². The number of nitrogens with zero attached hydrogens (tertiary/aromatic N) is 2. The van der Waals surface area contributed by atoms with Gasteiger partial charge in [0.05, 0.1) is 10.7 Å². The lowest BCUT2D eigenvalue weighted by molar-refractivity contribution is 0.484. The van der Waals surface area contributed by atoms with E-state index in [1.807, 2.05) is 0 Å². The van der Waals surface area contributed by atoms with Crippen molar-refractivity contribution in [2.24, 2.45) is 23.7 Å². The summed E-state index contributed by atoms with van der Waals surface area (Å²) in [6.45, 7) is 0. The van der Waals surface area contributed by atoms with Crippen molar-refractivity contribution in [1.82, 2.24) is 9.97 Å². The van der Waals surface area contributed by atoms with Gasteiger partial charge in [0.2, 0.25) is 0 Å². The molecule has 0 aromatic carbocycles. The van der Waals surface area contributed by atoms with E-state index in [2.05, 4.69) is 59.5 Å². The maximum absolute atomic E-state index is 4.47. The molecule has 4 heteroatoms. The summed E-state index contributed by atoms with van der Waals surface area (Å²) in [7, 11) is 0. The van der Waals surface area contributed by atoms with Crippen LogP contribution in [-0.4, -0.2) is 9.97 Å². The molecule has 0 N–H and O–H groups in total. The van der Waals surface area contributed by atoms with Crippen LogP contribution in [0.5, 0.6) is 0 Å². The molecule has 1 aromatic rings. The summed E-state index contributed by atoms with van der Waals surface area (Å²) in [4.78, 5) is 8.94. The average Bonchev–Trinajstić information content (AvgIpc) is 2.89. The van der Waals surface area contributed by atoms with Crippen molar-refractivity contribution in [1.29, 1.82) is 0 Å². The van der Waals surface area contributed by atoms with Crippen LogP contribution in [0, 0.1) is 23.7 Å². The molecule has 0 radical (unpaired) electrons. The SMILES string of the molecule is Sc1nc2c(nc1S)=CC1C3C=CC(C3)C1C=2. The summed E-state index contributed by atoms with van der Waals surface area (Å²) in [5.74, 6) is 2.64. The summed E-state index contributed by atoms with van der Waals surface area (Å²) < 4.78 is 0. The van der Waals surface area contributed by atoms with Crippen molar-refractivity contribution in [3.8, 4) is 0 Å².